The van der Waals surface area contributed by atoms with Crippen LogP contribution >= 0.6 is 11.8 Å². The van der Waals surface area contributed by atoms with Gasteiger partial charge in [-0.2, -0.15) is 11.8 Å². The van der Waals surface area contributed by atoms with E-state index in [4.69, 9.17) is 0 Å². The Kier molecular flexibility index (Phi) is 3.23. The van der Waals surface area contributed by atoms with Crippen molar-refractivity contribution >= 4 is 28.2 Å². The summed E-state index contributed by atoms with van der Waals surface area (Å²) in [7, 11) is 0. The van der Waals surface area contributed by atoms with Crippen molar-refractivity contribution in [2.45, 2.75) is 18.9 Å². The van der Waals surface area contributed by atoms with Gasteiger partial charge in [0.1, 0.15) is 0 Å². The van der Waals surface area contributed by atoms with Gasteiger partial charge in [0.2, 0.25) is 0 Å². The van der Waals surface area contributed by atoms with Gasteiger partial charge in [0.25, 0.3) is 0 Å². The second kappa shape index (κ2) is 5.01. The lowest BCUT2D eigenvalue weighted by molar-refractivity contribution is 0.686. The van der Waals surface area contributed by atoms with Gasteiger partial charge >= 0.3 is 0 Å². The van der Waals surface area contributed by atoms with E-state index in [-0.39, 0.29) is 0 Å². The first kappa shape index (κ1) is 11.0. The molecule has 3 rings (SSSR count). The van der Waals surface area contributed by atoms with Crippen LogP contribution in [0, 0.1) is 0 Å². The molecule has 1 atom stereocenters. The first-order valence-corrected chi connectivity index (χ1v) is 7.41. The van der Waals surface area contributed by atoms with Gasteiger partial charge in [-0.25, -0.2) is 0 Å². The monoisotopic (exact) mass is 243 g/mol. The van der Waals surface area contributed by atoms with Crippen LogP contribution in [0.5, 0.6) is 0 Å². The van der Waals surface area contributed by atoms with E-state index in [1.54, 1.807) is 0 Å². The van der Waals surface area contributed by atoms with Crippen molar-refractivity contribution in [2.75, 3.05) is 16.8 Å². The lowest BCUT2D eigenvalue weighted by atomic mass is 10.1. The highest BCUT2D eigenvalue weighted by atomic mass is 32.2. The molecule has 1 heterocycles. The topological polar surface area (TPSA) is 12.0 Å². The average molecular weight is 243 g/mol. The molecule has 0 aliphatic carbocycles. The van der Waals surface area contributed by atoms with Crippen molar-refractivity contribution in [3.63, 3.8) is 0 Å². The fourth-order valence-corrected chi connectivity index (χ4v) is 3.50. The number of benzene rings is 2. The summed E-state index contributed by atoms with van der Waals surface area (Å²) in [5, 5.41) is 6.36. The minimum absolute atomic E-state index is 0.638. The minimum atomic E-state index is 0.638. The third-order valence-electron chi connectivity index (χ3n) is 3.31. The summed E-state index contributed by atoms with van der Waals surface area (Å²) in [5.74, 6) is 2.57. The molecule has 88 valence electrons. The Bertz CT molecular complexity index is 498. The molecule has 1 nitrogen and oxygen atoms in total. The van der Waals surface area contributed by atoms with E-state index in [2.05, 4.69) is 59.5 Å². The zero-order valence-corrected chi connectivity index (χ0v) is 10.7. The van der Waals surface area contributed by atoms with Gasteiger partial charge in [-0.05, 0) is 30.0 Å². The maximum atomic E-state index is 3.70. The van der Waals surface area contributed by atoms with Gasteiger partial charge in [-0.15, -0.1) is 0 Å². The molecule has 0 radical (unpaired) electrons. The summed E-state index contributed by atoms with van der Waals surface area (Å²) in [5.41, 5.74) is 1.29. The number of anilines is 1. The Morgan fingerprint density at radius 2 is 1.94 bits per heavy atom. The summed E-state index contributed by atoms with van der Waals surface area (Å²) in [6.07, 6.45) is 2.64. The highest BCUT2D eigenvalue weighted by molar-refractivity contribution is 7.99. The number of hydrogen-bond acceptors (Lipinski definition) is 2. The predicted octanol–water partition coefficient (Wildman–Crippen LogP) is 4.15. The van der Waals surface area contributed by atoms with Crippen molar-refractivity contribution in [1.82, 2.24) is 0 Å². The number of nitrogens with one attached hydrogen (secondary N) is 1. The first-order valence-electron chi connectivity index (χ1n) is 6.25. The van der Waals surface area contributed by atoms with Crippen LogP contribution in [0.25, 0.3) is 10.8 Å². The van der Waals surface area contributed by atoms with Gasteiger partial charge in [0.05, 0.1) is 0 Å². The molecule has 0 bridgehead atoms. The second-order valence-corrected chi connectivity index (χ2v) is 5.73. The second-order valence-electron chi connectivity index (χ2n) is 4.59. The minimum Gasteiger partial charge on any atom is -0.381 e. The van der Waals surface area contributed by atoms with Crippen LogP contribution in [0.15, 0.2) is 42.5 Å². The molecule has 1 saturated heterocycles. The van der Waals surface area contributed by atoms with Gasteiger partial charge in [-0.1, -0.05) is 36.4 Å². The Balaban J connectivity index is 1.89. The third-order valence-corrected chi connectivity index (χ3v) is 4.52. The summed E-state index contributed by atoms with van der Waals surface area (Å²) >= 11 is 2.07. The van der Waals surface area contributed by atoms with E-state index in [1.807, 2.05) is 0 Å². The first-order chi connectivity index (χ1) is 8.43. The maximum absolute atomic E-state index is 3.70. The van der Waals surface area contributed by atoms with Crippen molar-refractivity contribution in [1.29, 1.82) is 0 Å². The fourth-order valence-electron chi connectivity index (χ4n) is 2.43. The van der Waals surface area contributed by atoms with Gasteiger partial charge in [0, 0.05) is 22.9 Å². The van der Waals surface area contributed by atoms with Crippen molar-refractivity contribution < 1.29 is 0 Å². The van der Waals surface area contributed by atoms with E-state index in [0.717, 1.165) is 0 Å². The lowest BCUT2D eigenvalue weighted by Gasteiger charge is -2.24. The van der Waals surface area contributed by atoms with E-state index in [0.29, 0.717) is 6.04 Å². The smallest absolute Gasteiger partial charge is 0.0422 e. The molecule has 17 heavy (non-hydrogen) atoms. The molecule has 0 amide bonds. The quantitative estimate of drug-likeness (QED) is 0.850. The summed E-state index contributed by atoms with van der Waals surface area (Å²) in [6.45, 7) is 0. The molecule has 2 aromatic rings. The molecular formula is C15H17NS. The molecule has 1 unspecified atom stereocenters. The number of rotatable bonds is 2. The van der Waals surface area contributed by atoms with Crippen molar-refractivity contribution in [3.8, 4) is 0 Å². The Labute approximate surface area is 107 Å². The van der Waals surface area contributed by atoms with Gasteiger partial charge in [-0.3, -0.25) is 0 Å². The maximum Gasteiger partial charge on any atom is 0.0422 e. The fraction of sp³-hybridized carbons (Fsp3) is 0.333. The Hall–Kier alpha value is -1.15. The number of fused-ring (bicyclic) bond motifs is 1. The van der Waals surface area contributed by atoms with Crippen LogP contribution in [0.1, 0.15) is 12.8 Å². The molecule has 0 spiro atoms. The third kappa shape index (κ3) is 2.42. The Morgan fingerprint density at radius 3 is 2.82 bits per heavy atom. The summed E-state index contributed by atoms with van der Waals surface area (Å²) in [6, 6.07) is 15.7. The summed E-state index contributed by atoms with van der Waals surface area (Å²) < 4.78 is 0. The van der Waals surface area contributed by atoms with E-state index in [9.17, 15) is 0 Å². The van der Waals surface area contributed by atoms with E-state index in [1.165, 1.54) is 40.8 Å². The molecule has 1 aliphatic heterocycles. The zero-order chi connectivity index (χ0) is 11.5. The molecule has 2 heteroatoms. The molecule has 1 fully saturated rings. The molecule has 0 aromatic heterocycles. The lowest BCUT2D eigenvalue weighted by Crippen LogP contribution is -2.25. The highest BCUT2D eigenvalue weighted by Crippen LogP contribution is 2.26. The molecule has 2 aromatic carbocycles. The van der Waals surface area contributed by atoms with Crippen LogP contribution in [0.4, 0.5) is 5.69 Å². The van der Waals surface area contributed by atoms with Crippen LogP contribution in [-0.2, 0) is 0 Å². The number of hydrogen-bond donors (Lipinski definition) is 1. The molecule has 1 N–H and O–H groups in total. The molecule has 1 aliphatic rings. The van der Waals surface area contributed by atoms with Crippen LogP contribution in [0.3, 0.4) is 0 Å². The van der Waals surface area contributed by atoms with Crippen LogP contribution in [0.2, 0.25) is 0 Å². The highest BCUT2D eigenvalue weighted by Gasteiger charge is 2.13. The standard InChI is InChI=1S/C15H17NS/c1-2-8-14-12(5-1)6-3-9-15(14)16-13-7-4-10-17-11-13/h1-3,5-6,8-9,13,16H,4,7,10-11H2. The van der Waals surface area contributed by atoms with Crippen LogP contribution < -0.4 is 5.32 Å². The van der Waals surface area contributed by atoms with E-state index >= 15 is 0 Å². The average Bonchev–Trinajstić information content (AvgIpc) is 2.40. The predicted molar refractivity (Wildman–Crippen MR) is 77.9 cm³/mol. The molecular weight excluding hydrogens is 226 g/mol. The van der Waals surface area contributed by atoms with Crippen molar-refractivity contribution in [3.05, 3.63) is 42.5 Å². The summed E-state index contributed by atoms with van der Waals surface area (Å²) in [4.78, 5) is 0. The number of thioether (sulfide) groups is 1. The van der Waals surface area contributed by atoms with Gasteiger partial charge < -0.3 is 5.32 Å². The largest absolute Gasteiger partial charge is 0.381 e. The molecule has 0 saturated carbocycles. The van der Waals surface area contributed by atoms with E-state index < -0.39 is 0 Å². The normalized spacial score (nSPS) is 20.4. The Morgan fingerprint density at radius 1 is 1.06 bits per heavy atom. The SMILES string of the molecule is c1ccc2c(NC3CCCSC3)cccc2c1. The van der Waals surface area contributed by atoms with Crippen molar-refractivity contribution in [2.24, 2.45) is 0 Å². The van der Waals surface area contributed by atoms with Crippen LogP contribution in [-0.4, -0.2) is 17.5 Å². The zero-order valence-electron chi connectivity index (χ0n) is 9.86. The van der Waals surface area contributed by atoms with Gasteiger partial charge in [0.15, 0.2) is 0 Å².